The monoisotopic (exact) mass is 331 g/mol. The topological polar surface area (TPSA) is 96.7 Å². The van der Waals surface area contributed by atoms with Crippen LogP contribution >= 0.6 is 11.6 Å². The van der Waals surface area contributed by atoms with Crippen molar-refractivity contribution in [1.29, 1.82) is 0 Å². The Labute approximate surface area is 137 Å². The molecule has 0 saturated heterocycles. The zero-order valence-corrected chi connectivity index (χ0v) is 13.3. The lowest BCUT2D eigenvalue weighted by molar-refractivity contribution is 0.0932. The average Bonchev–Trinajstić information content (AvgIpc) is 3.17. The molecule has 7 nitrogen and oxygen atoms in total. The van der Waals surface area contributed by atoms with E-state index in [0.717, 1.165) is 5.56 Å². The predicted octanol–water partition coefficient (Wildman–Crippen LogP) is 2.91. The molecular formula is C15H14ClN5O2. The number of nitrogens with one attached hydrogen (secondary N) is 2. The molecule has 0 aliphatic heterocycles. The Bertz CT molecular complexity index is 825. The van der Waals surface area contributed by atoms with Gasteiger partial charge < -0.3 is 9.84 Å². The number of hydrogen-bond acceptors (Lipinski definition) is 5. The van der Waals surface area contributed by atoms with Gasteiger partial charge in [-0.3, -0.25) is 9.89 Å². The van der Waals surface area contributed by atoms with Gasteiger partial charge in [0.1, 0.15) is 6.04 Å². The second kappa shape index (κ2) is 6.21. The summed E-state index contributed by atoms with van der Waals surface area (Å²) >= 11 is 5.85. The Morgan fingerprint density at radius 3 is 2.74 bits per heavy atom. The number of aromatic amines is 1. The summed E-state index contributed by atoms with van der Waals surface area (Å²) in [5.41, 5.74) is 1.96. The molecule has 0 spiro atoms. The number of amides is 1. The van der Waals surface area contributed by atoms with Gasteiger partial charge in [-0.1, -0.05) is 16.8 Å². The maximum Gasteiger partial charge on any atom is 0.255 e. The zero-order chi connectivity index (χ0) is 16.4. The minimum Gasteiger partial charge on any atom is -0.340 e. The fourth-order valence-electron chi connectivity index (χ4n) is 2.04. The van der Waals surface area contributed by atoms with E-state index in [4.69, 9.17) is 16.1 Å². The highest BCUT2D eigenvalue weighted by molar-refractivity contribution is 6.30. The first-order chi connectivity index (χ1) is 11.0. The first-order valence-corrected chi connectivity index (χ1v) is 7.33. The highest BCUT2D eigenvalue weighted by Crippen LogP contribution is 2.20. The number of halogens is 1. The van der Waals surface area contributed by atoms with Gasteiger partial charge in [-0.05, 0) is 38.1 Å². The Hall–Kier alpha value is -2.67. The van der Waals surface area contributed by atoms with Gasteiger partial charge in [-0.15, -0.1) is 0 Å². The van der Waals surface area contributed by atoms with Crippen molar-refractivity contribution in [3.63, 3.8) is 0 Å². The minimum atomic E-state index is -0.426. The molecule has 1 atom stereocenters. The van der Waals surface area contributed by atoms with Crippen molar-refractivity contribution in [1.82, 2.24) is 25.7 Å². The number of benzene rings is 1. The molecule has 0 aliphatic rings. The molecule has 8 heteroatoms. The molecule has 2 aromatic heterocycles. The second-order valence-corrected chi connectivity index (χ2v) is 5.50. The molecule has 118 valence electrons. The summed E-state index contributed by atoms with van der Waals surface area (Å²) in [4.78, 5) is 16.5. The van der Waals surface area contributed by atoms with E-state index in [-0.39, 0.29) is 5.91 Å². The van der Waals surface area contributed by atoms with Crippen molar-refractivity contribution in [3.8, 4) is 11.4 Å². The quantitative estimate of drug-likeness (QED) is 0.766. The normalized spacial score (nSPS) is 12.1. The van der Waals surface area contributed by atoms with E-state index in [0.29, 0.717) is 28.0 Å². The first kappa shape index (κ1) is 15.2. The van der Waals surface area contributed by atoms with Gasteiger partial charge >= 0.3 is 0 Å². The molecule has 0 radical (unpaired) electrons. The van der Waals surface area contributed by atoms with Crippen LogP contribution in [0.5, 0.6) is 0 Å². The Balaban J connectivity index is 1.73. The summed E-state index contributed by atoms with van der Waals surface area (Å²) in [7, 11) is 0. The summed E-state index contributed by atoms with van der Waals surface area (Å²) in [6.45, 7) is 3.55. The van der Waals surface area contributed by atoms with Crippen LogP contribution in [-0.4, -0.2) is 26.2 Å². The van der Waals surface area contributed by atoms with Gasteiger partial charge in [0, 0.05) is 16.3 Å². The Morgan fingerprint density at radius 1 is 1.35 bits per heavy atom. The second-order valence-electron chi connectivity index (χ2n) is 5.07. The lowest BCUT2D eigenvalue weighted by Crippen LogP contribution is -2.27. The highest BCUT2D eigenvalue weighted by atomic mass is 35.5. The average molecular weight is 332 g/mol. The predicted molar refractivity (Wildman–Crippen MR) is 83.9 cm³/mol. The molecule has 0 bridgehead atoms. The molecule has 2 heterocycles. The molecule has 3 rings (SSSR count). The fraction of sp³-hybridized carbons (Fsp3) is 0.200. The van der Waals surface area contributed by atoms with Gasteiger partial charge in [-0.2, -0.15) is 10.1 Å². The first-order valence-electron chi connectivity index (χ1n) is 6.95. The number of carbonyl (C=O) groups is 1. The van der Waals surface area contributed by atoms with Gasteiger partial charge in [0.25, 0.3) is 5.91 Å². The number of aromatic nitrogens is 4. The van der Waals surface area contributed by atoms with Crippen LogP contribution in [0.1, 0.15) is 34.9 Å². The number of hydrogen-bond donors (Lipinski definition) is 2. The number of nitrogens with zero attached hydrogens (tertiary/aromatic N) is 3. The van der Waals surface area contributed by atoms with Crippen molar-refractivity contribution in [2.24, 2.45) is 0 Å². The molecular weight excluding hydrogens is 318 g/mol. The third-order valence-corrected chi connectivity index (χ3v) is 3.59. The van der Waals surface area contributed by atoms with Gasteiger partial charge in [0.05, 0.1) is 11.8 Å². The van der Waals surface area contributed by atoms with E-state index >= 15 is 0 Å². The van der Waals surface area contributed by atoms with E-state index < -0.39 is 6.04 Å². The summed E-state index contributed by atoms with van der Waals surface area (Å²) in [6.07, 6.45) is 1.48. The number of H-pyrrole nitrogens is 1. The molecule has 0 fully saturated rings. The largest absolute Gasteiger partial charge is 0.340 e. The van der Waals surface area contributed by atoms with E-state index in [1.165, 1.54) is 6.20 Å². The molecule has 1 aromatic carbocycles. The van der Waals surface area contributed by atoms with E-state index in [2.05, 4.69) is 25.7 Å². The summed E-state index contributed by atoms with van der Waals surface area (Å²) < 4.78 is 5.23. The molecule has 2 N–H and O–H groups in total. The summed E-state index contributed by atoms with van der Waals surface area (Å²) in [5, 5.41) is 13.9. The zero-order valence-electron chi connectivity index (χ0n) is 12.5. The Morgan fingerprint density at radius 2 is 2.09 bits per heavy atom. The maximum absolute atomic E-state index is 12.1. The third-order valence-electron chi connectivity index (χ3n) is 3.34. The van der Waals surface area contributed by atoms with Crippen LogP contribution in [0.25, 0.3) is 11.4 Å². The molecule has 0 saturated carbocycles. The van der Waals surface area contributed by atoms with Crippen molar-refractivity contribution in [2.45, 2.75) is 19.9 Å². The molecule has 1 amide bonds. The lowest BCUT2D eigenvalue weighted by Gasteiger charge is -2.08. The summed E-state index contributed by atoms with van der Waals surface area (Å²) in [5.74, 6) is 0.511. The van der Waals surface area contributed by atoms with Crippen LogP contribution in [0, 0.1) is 6.92 Å². The van der Waals surface area contributed by atoms with Crippen molar-refractivity contribution in [2.75, 3.05) is 0 Å². The summed E-state index contributed by atoms with van der Waals surface area (Å²) in [6, 6.07) is 6.68. The van der Waals surface area contributed by atoms with Crippen LogP contribution < -0.4 is 5.32 Å². The number of aryl methyl sites for hydroxylation is 1. The van der Waals surface area contributed by atoms with Crippen LogP contribution in [0.15, 0.2) is 35.0 Å². The van der Waals surface area contributed by atoms with Crippen molar-refractivity contribution < 1.29 is 9.32 Å². The standard InChI is InChI=1S/C15H14ClN5O2/c1-8-12(7-17-20-8)14(22)18-9(2)15-19-13(21-23-15)10-3-5-11(16)6-4-10/h3-7,9H,1-2H3,(H,17,20)(H,18,22)/t9-/m0/s1. The van der Waals surface area contributed by atoms with Crippen molar-refractivity contribution >= 4 is 17.5 Å². The molecule has 3 aromatic rings. The molecule has 23 heavy (non-hydrogen) atoms. The van der Waals surface area contributed by atoms with Crippen LogP contribution in [0.3, 0.4) is 0 Å². The highest BCUT2D eigenvalue weighted by Gasteiger charge is 2.19. The van der Waals surface area contributed by atoms with Gasteiger partial charge in [-0.25, -0.2) is 0 Å². The molecule has 0 unspecified atom stereocenters. The Kier molecular flexibility index (Phi) is 4.12. The fourth-order valence-corrected chi connectivity index (χ4v) is 2.17. The van der Waals surface area contributed by atoms with E-state index in [1.807, 2.05) is 0 Å². The van der Waals surface area contributed by atoms with E-state index in [9.17, 15) is 4.79 Å². The minimum absolute atomic E-state index is 0.255. The van der Waals surface area contributed by atoms with Crippen LogP contribution in [0.2, 0.25) is 5.02 Å². The lowest BCUT2D eigenvalue weighted by atomic mass is 10.2. The SMILES string of the molecule is Cc1[nH]ncc1C(=O)N[C@@H](C)c1nc(-c2ccc(Cl)cc2)no1. The van der Waals surface area contributed by atoms with Crippen molar-refractivity contribution in [3.05, 3.63) is 52.6 Å². The van der Waals surface area contributed by atoms with Gasteiger partial charge in [0.2, 0.25) is 11.7 Å². The number of carbonyl (C=O) groups excluding carboxylic acids is 1. The molecule has 0 aliphatic carbocycles. The third kappa shape index (κ3) is 3.24. The maximum atomic E-state index is 12.1. The van der Waals surface area contributed by atoms with Crippen LogP contribution in [-0.2, 0) is 0 Å². The smallest absolute Gasteiger partial charge is 0.255 e. The number of rotatable bonds is 4. The van der Waals surface area contributed by atoms with E-state index in [1.54, 1.807) is 38.1 Å². The van der Waals surface area contributed by atoms with Crippen LogP contribution in [0.4, 0.5) is 0 Å². The van der Waals surface area contributed by atoms with Gasteiger partial charge in [0.15, 0.2) is 0 Å².